The standard InChI is InChI=1S/C23H17Cl2FN2O2S/c24-18-4-2-1-3-15(18)11-27-23(30)14-6-8-21-20(9-14)28(22(29)13-31-21)12-16-5-7-17(26)10-19(16)25/h1-10H,11-13H2,(H,27,30). The molecule has 4 rings (SSSR count). The molecule has 0 unspecified atom stereocenters. The zero-order valence-corrected chi connectivity index (χ0v) is 18.5. The van der Waals surface area contributed by atoms with Gasteiger partial charge >= 0.3 is 0 Å². The highest BCUT2D eigenvalue weighted by molar-refractivity contribution is 8.00. The monoisotopic (exact) mass is 474 g/mol. The van der Waals surface area contributed by atoms with Crippen LogP contribution in [0.2, 0.25) is 10.0 Å². The van der Waals surface area contributed by atoms with Crippen molar-refractivity contribution in [1.82, 2.24) is 5.32 Å². The second-order valence-corrected chi connectivity index (χ2v) is 8.79. The molecule has 0 radical (unpaired) electrons. The van der Waals surface area contributed by atoms with E-state index in [4.69, 9.17) is 23.2 Å². The molecule has 0 bridgehead atoms. The molecule has 0 aromatic heterocycles. The topological polar surface area (TPSA) is 49.4 Å². The summed E-state index contributed by atoms with van der Waals surface area (Å²) in [7, 11) is 0. The molecule has 0 atom stereocenters. The second kappa shape index (κ2) is 9.30. The summed E-state index contributed by atoms with van der Waals surface area (Å²) >= 11 is 13.7. The first-order valence-electron chi connectivity index (χ1n) is 9.45. The third-order valence-electron chi connectivity index (χ3n) is 4.90. The molecule has 8 heteroatoms. The highest BCUT2D eigenvalue weighted by Gasteiger charge is 2.26. The first-order chi connectivity index (χ1) is 14.9. The summed E-state index contributed by atoms with van der Waals surface area (Å²) in [6.45, 7) is 0.481. The number of nitrogens with one attached hydrogen (secondary N) is 1. The van der Waals surface area contributed by atoms with Crippen molar-refractivity contribution in [3.05, 3.63) is 93.2 Å². The number of benzene rings is 3. The van der Waals surface area contributed by atoms with Gasteiger partial charge in [-0.1, -0.05) is 47.5 Å². The van der Waals surface area contributed by atoms with E-state index in [1.54, 1.807) is 29.2 Å². The minimum atomic E-state index is -0.438. The molecule has 0 saturated carbocycles. The third kappa shape index (κ3) is 4.87. The zero-order chi connectivity index (χ0) is 22.0. The van der Waals surface area contributed by atoms with Crippen LogP contribution in [-0.2, 0) is 17.9 Å². The van der Waals surface area contributed by atoms with Crippen molar-refractivity contribution in [1.29, 1.82) is 0 Å². The van der Waals surface area contributed by atoms with Crippen LogP contribution in [0.3, 0.4) is 0 Å². The Morgan fingerprint density at radius 1 is 1.03 bits per heavy atom. The first kappa shape index (κ1) is 21.7. The number of amides is 2. The van der Waals surface area contributed by atoms with Crippen molar-refractivity contribution in [3.8, 4) is 0 Å². The highest BCUT2D eigenvalue weighted by atomic mass is 35.5. The fourth-order valence-electron chi connectivity index (χ4n) is 3.26. The lowest BCUT2D eigenvalue weighted by atomic mass is 10.1. The lowest BCUT2D eigenvalue weighted by Gasteiger charge is -2.29. The van der Waals surface area contributed by atoms with Crippen molar-refractivity contribution in [2.24, 2.45) is 0 Å². The predicted molar refractivity (Wildman–Crippen MR) is 122 cm³/mol. The Kier molecular flexibility index (Phi) is 6.51. The maximum atomic E-state index is 13.4. The summed E-state index contributed by atoms with van der Waals surface area (Å²) in [6, 6.07) is 16.6. The van der Waals surface area contributed by atoms with Crippen molar-refractivity contribution in [3.63, 3.8) is 0 Å². The van der Waals surface area contributed by atoms with E-state index in [0.29, 0.717) is 21.8 Å². The van der Waals surface area contributed by atoms with Gasteiger partial charge in [-0.05, 0) is 47.5 Å². The van der Waals surface area contributed by atoms with Gasteiger partial charge in [-0.15, -0.1) is 11.8 Å². The van der Waals surface area contributed by atoms with Crippen molar-refractivity contribution >= 4 is 52.5 Å². The normalized spacial score (nSPS) is 13.1. The van der Waals surface area contributed by atoms with Crippen LogP contribution < -0.4 is 10.2 Å². The Labute approximate surface area is 193 Å². The van der Waals surface area contributed by atoms with E-state index in [1.165, 1.54) is 23.9 Å². The number of carbonyl (C=O) groups is 2. The van der Waals surface area contributed by atoms with Gasteiger partial charge in [-0.3, -0.25) is 9.59 Å². The van der Waals surface area contributed by atoms with E-state index < -0.39 is 5.82 Å². The van der Waals surface area contributed by atoms with E-state index in [0.717, 1.165) is 10.5 Å². The molecular formula is C23H17Cl2FN2O2S. The van der Waals surface area contributed by atoms with Crippen LogP contribution in [0.25, 0.3) is 0 Å². The fourth-order valence-corrected chi connectivity index (χ4v) is 4.60. The number of nitrogens with zero attached hydrogens (tertiary/aromatic N) is 1. The van der Waals surface area contributed by atoms with Crippen LogP contribution in [0.1, 0.15) is 21.5 Å². The summed E-state index contributed by atoms with van der Waals surface area (Å²) in [5.41, 5.74) is 2.50. The molecule has 3 aromatic carbocycles. The highest BCUT2D eigenvalue weighted by Crippen LogP contribution is 2.37. The molecule has 158 valence electrons. The Morgan fingerprint density at radius 2 is 1.84 bits per heavy atom. The minimum Gasteiger partial charge on any atom is -0.348 e. The van der Waals surface area contributed by atoms with Crippen molar-refractivity contribution < 1.29 is 14.0 Å². The Bertz CT molecular complexity index is 1170. The van der Waals surface area contributed by atoms with Crippen molar-refractivity contribution in [2.45, 2.75) is 18.0 Å². The Balaban J connectivity index is 1.57. The molecule has 1 N–H and O–H groups in total. The quantitative estimate of drug-likeness (QED) is 0.515. The summed E-state index contributed by atoms with van der Waals surface area (Å²) in [5, 5.41) is 3.69. The second-order valence-electron chi connectivity index (χ2n) is 6.96. The number of fused-ring (bicyclic) bond motifs is 1. The van der Waals surface area contributed by atoms with Gasteiger partial charge < -0.3 is 10.2 Å². The SMILES string of the molecule is O=C(NCc1ccccc1Cl)c1ccc2c(c1)N(Cc1ccc(F)cc1Cl)C(=O)CS2. The molecular weight excluding hydrogens is 458 g/mol. The maximum absolute atomic E-state index is 13.4. The van der Waals surface area contributed by atoms with Gasteiger partial charge in [0.2, 0.25) is 5.91 Å². The van der Waals surface area contributed by atoms with E-state index in [-0.39, 0.29) is 35.7 Å². The molecule has 4 nitrogen and oxygen atoms in total. The molecule has 1 aliphatic rings. The van der Waals surface area contributed by atoms with Gasteiger partial charge in [0.05, 0.1) is 18.0 Å². The smallest absolute Gasteiger partial charge is 0.251 e. The van der Waals surface area contributed by atoms with Crippen LogP contribution >= 0.6 is 35.0 Å². The average Bonchev–Trinajstić information content (AvgIpc) is 2.76. The lowest BCUT2D eigenvalue weighted by molar-refractivity contribution is -0.116. The van der Waals surface area contributed by atoms with Crippen LogP contribution in [-0.4, -0.2) is 17.6 Å². The van der Waals surface area contributed by atoms with Crippen LogP contribution in [0.5, 0.6) is 0 Å². The Morgan fingerprint density at radius 3 is 2.61 bits per heavy atom. The number of carbonyl (C=O) groups excluding carboxylic acids is 2. The Hall–Kier alpha value is -2.54. The molecule has 1 aliphatic heterocycles. The van der Waals surface area contributed by atoms with E-state index in [2.05, 4.69) is 5.32 Å². The maximum Gasteiger partial charge on any atom is 0.251 e. The predicted octanol–water partition coefficient (Wildman–Crippen LogP) is 5.70. The van der Waals surface area contributed by atoms with Crippen LogP contribution in [0, 0.1) is 5.82 Å². The fraction of sp³-hybridized carbons (Fsp3) is 0.130. The number of anilines is 1. The average molecular weight is 475 g/mol. The van der Waals surface area contributed by atoms with E-state index in [1.807, 2.05) is 24.3 Å². The first-order valence-corrected chi connectivity index (χ1v) is 11.2. The molecule has 31 heavy (non-hydrogen) atoms. The lowest BCUT2D eigenvalue weighted by Crippen LogP contribution is -2.35. The zero-order valence-electron chi connectivity index (χ0n) is 16.2. The van der Waals surface area contributed by atoms with Crippen LogP contribution in [0.4, 0.5) is 10.1 Å². The van der Waals surface area contributed by atoms with E-state index in [9.17, 15) is 14.0 Å². The molecule has 0 aliphatic carbocycles. The van der Waals surface area contributed by atoms with Gasteiger partial charge in [-0.2, -0.15) is 0 Å². The molecule has 2 amide bonds. The van der Waals surface area contributed by atoms with Gasteiger partial charge in [0, 0.05) is 27.0 Å². The van der Waals surface area contributed by atoms with Crippen LogP contribution in [0.15, 0.2) is 65.6 Å². The van der Waals surface area contributed by atoms with Gasteiger partial charge in [-0.25, -0.2) is 4.39 Å². The number of rotatable bonds is 5. The van der Waals surface area contributed by atoms with Crippen molar-refractivity contribution in [2.75, 3.05) is 10.7 Å². The summed E-state index contributed by atoms with van der Waals surface area (Å²) in [6.07, 6.45) is 0. The largest absolute Gasteiger partial charge is 0.348 e. The number of halogens is 3. The molecule has 0 saturated heterocycles. The third-order valence-corrected chi connectivity index (χ3v) is 6.67. The number of hydrogen-bond acceptors (Lipinski definition) is 3. The minimum absolute atomic E-state index is 0.105. The van der Waals surface area contributed by atoms with E-state index >= 15 is 0 Å². The van der Waals surface area contributed by atoms with Gasteiger partial charge in [0.1, 0.15) is 5.82 Å². The number of hydrogen-bond donors (Lipinski definition) is 1. The summed E-state index contributed by atoms with van der Waals surface area (Å²) in [5.74, 6) is -0.534. The molecule has 0 spiro atoms. The summed E-state index contributed by atoms with van der Waals surface area (Å²) < 4.78 is 13.4. The number of thioether (sulfide) groups is 1. The van der Waals surface area contributed by atoms with Gasteiger partial charge in [0.15, 0.2) is 0 Å². The molecule has 0 fully saturated rings. The molecule has 1 heterocycles. The summed E-state index contributed by atoms with van der Waals surface area (Å²) in [4.78, 5) is 27.8. The molecule has 3 aromatic rings. The van der Waals surface area contributed by atoms with Gasteiger partial charge in [0.25, 0.3) is 5.91 Å².